The minimum absolute atomic E-state index is 0.104. The molecule has 0 radical (unpaired) electrons. The summed E-state index contributed by atoms with van der Waals surface area (Å²) in [4.78, 5) is 28.1. The van der Waals surface area contributed by atoms with E-state index in [0.717, 1.165) is 10.8 Å². The molecule has 4 N–H and O–H groups in total. The number of hydrogen-bond acceptors (Lipinski definition) is 11. The number of carbonyl (C=O) groups is 1. The van der Waals surface area contributed by atoms with E-state index in [9.17, 15) is 28.8 Å². The molecule has 1 saturated heterocycles. The number of nitrogen functional groups attached to an aromatic ring is 1. The van der Waals surface area contributed by atoms with Gasteiger partial charge in [-0.3, -0.25) is 13.9 Å². The third kappa shape index (κ3) is 6.74. The van der Waals surface area contributed by atoms with Crippen LogP contribution in [-0.2, 0) is 23.4 Å². The van der Waals surface area contributed by atoms with Crippen LogP contribution in [0.15, 0.2) is 47.4 Å². The number of nitrogens with two attached hydrogens (primary N) is 1. The third-order valence-electron chi connectivity index (χ3n) is 5.59. The van der Waals surface area contributed by atoms with Gasteiger partial charge < -0.3 is 29.9 Å². The zero-order valence-electron chi connectivity index (χ0n) is 20.6. The number of esters is 1. The fourth-order valence-corrected chi connectivity index (χ4v) is 5.59. The quantitative estimate of drug-likeness (QED) is 0.278. The highest BCUT2D eigenvalue weighted by molar-refractivity contribution is 7.54. The largest absolute Gasteiger partial charge is 0.463 e. The van der Waals surface area contributed by atoms with Gasteiger partial charge in [0, 0.05) is 6.20 Å². The van der Waals surface area contributed by atoms with E-state index in [2.05, 4.69) is 4.98 Å². The van der Waals surface area contributed by atoms with Crippen molar-refractivity contribution in [3.05, 3.63) is 53.1 Å². The van der Waals surface area contributed by atoms with Crippen LogP contribution in [0.25, 0.3) is 0 Å². The number of halogens is 1. The Hall–Kier alpha value is -2.83. The van der Waals surface area contributed by atoms with Gasteiger partial charge in [0.2, 0.25) is 0 Å². The Labute approximate surface area is 212 Å². The van der Waals surface area contributed by atoms with E-state index >= 15 is 0 Å². The average Bonchev–Trinajstić information content (AvgIpc) is 3.08. The van der Waals surface area contributed by atoms with E-state index in [1.165, 1.54) is 25.1 Å². The lowest BCUT2D eigenvalue weighted by Gasteiger charge is -2.28. The number of para-hydroxylation sites is 1. The molecular weight excluding hydrogens is 512 g/mol. The zero-order chi connectivity index (χ0) is 27.4. The van der Waals surface area contributed by atoms with Crippen molar-refractivity contribution in [2.24, 2.45) is 5.92 Å². The maximum Gasteiger partial charge on any atom is 0.380 e. The van der Waals surface area contributed by atoms with Crippen LogP contribution in [0.3, 0.4) is 0 Å². The predicted octanol–water partition coefficient (Wildman–Crippen LogP) is 1.66. The van der Waals surface area contributed by atoms with Crippen LogP contribution in [0.2, 0.25) is 0 Å². The van der Waals surface area contributed by atoms with Crippen LogP contribution in [0, 0.1) is 5.92 Å². The molecule has 12 nitrogen and oxygen atoms in total. The van der Waals surface area contributed by atoms with Gasteiger partial charge in [0.15, 0.2) is 11.8 Å². The van der Waals surface area contributed by atoms with Crippen LogP contribution in [-0.4, -0.2) is 69.1 Å². The topological polar surface area (TPSA) is 172 Å². The summed E-state index contributed by atoms with van der Waals surface area (Å²) in [5, 5.41) is 21.5. The van der Waals surface area contributed by atoms with Crippen molar-refractivity contribution in [1.29, 1.82) is 0 Å². The number of carbonyl (C=O) groups excluding carboxylic acids is 1. The highest BCUT2D eigenvalue weighted by Crippen LogP contribution is 2.51. The van der Waals surface area contributed by atoms with Gasteiger partial charge >= 0.3 is 19.3 Å². The summed E-state index contributed by atoms with van der Waals surface area (Å²) >= 11 is 0. The summed E-state index contributed by atoms with van der Waals surface area (Å²) < 4.78 is 50.4. The molecule has 6 atom stereocenters. The van der Waals surface area contributed by atoms with E-state index in [4.69, 9.17) is 24.3 Å². The van der Waals surface area contributed by atoms with E-state index in [0.29, 0.717) is 0 Å². The number of aliphatic hydroxyl groups is 2. The van der Waals surface area contributed by atoms with Crippen molar-refractivity contribution in [1.82, 2.24) is 9.55 Å². The molecule has 204 valence electrons. The smallest absolute Gasteiger partial charge is 0.380 e. The van der Waals surface area contributed by atoms with Crippen molar-refractivity contribution in [3.8, 4) is 5.75 Å². The lowest BCUT2D eigenvalue weighted by Crippen LogP contribution is -2.50. The predicted molar refractivity (Wildman–Crippen MR) is 130 cm³/mol. The number of benzene rings is 1. The molecule has 0 saturated carbocycles. The molecule has 2 unspecified atom stereocenters. The Bertz CT molecular complexity index is 1180. The Morgan fingerprint density at radius 2 is 1.97 bits per heavy atom. The first-order chi connectivity index (χ1) is 17.4. The van der Waals surface area contributed by atoms with Gasteiger partial charge in [0.1, 0.15) is 30.4 Å². The summed E-state index contributed by atoms with van der Waals surface area (Å²) in [6, 6.07) is 9.31. The molecule has 1 aromatic heterocycles. The number of alkyl halides is 1. The normalized spacial score (nSPS) is 26.0. The van der Waals surface area contributed by atoms with Crippen LogP contribution < -0.4 is 15.9 Å². The number of aliphatic hydroxyl groups excluding tert-OH is 1. The Morgan fingerprint density at radius 3 is 2.57 bits per heavy atom. The van der Waals surface area contributed by atoms with Crippen LogP contribution in [0.1, 0.15) is 27.0 Å². The van der Waals surface area contributed by atoms with Crippen molar-refractivity contribution in [3.63, 3.8) is 0 Å². The van der Waals surface area contributed by atoms with E-state index in [1.807, 2.05) is 0 Å². The van der Waals surface area contributed by atoms with Gasteiger partial charge in [-0.1, -0.05) is 25.1 Å². The second-order valence-electron chi connectivity index (χ2n) is 9.02. The Morgan fingerprint density at radius 1 is 1.30 bits per heavy atom. The first-order valence-corrected chi connectivity index (χ1v) is 13.3. The molecule has 0 amide bonds. The second kappa shape index (κ2) is 11.7. The third-order valence-corrected chi connectivity index (χ3v) is 7.62. The molecule has 1 fully saturated rings. The fraction of sp³-hybridized carbons (Fsp3) is 0.522. The first-order valence-electron chi connectivity index (χ1n) is 11.5. The van der Waals surface area contributed by atoms with Crippen molar-refractivity contribution < 1.29 is 42.5 Å². The molecule has 1 aromatic carbocycles. The second-order valence-corrected chi connectivity index (χ2v) is 11.0. The maximum atomic E-state index is 14.0. The summed E-state index contributed by atoms with van der Waals surface area (Å²) in [6.07, 6.45) is -4.64. The Kier molecular flexibility index (Phi) is 9.09. The van der Waals surface area contributed by atoms with Crippen LogP contribution in [0.4, 0.5) is 10.2 Å². The van der Waals surface area contributed by atoms with Crippen molar-refractivity contribution >= 4 is 19.4 Å². The van der Waals surface area contributed by atoms with E-state index in [1.54, 1.807) is 32.0 Å². The maximum absolute atomic E-state index is 14.0. The fourth-order valence-electron chi connectivity index (χ4n) is 3.72. The number of ether oxygens (including phenoxy) is 2. The first kappa shape index (κ1) is 28.7. The summed E-state index contributed by atoms with van der Waals surface area (Å²) in [5.74, 6) is -1.41. The highest BCUT2D eigenvalue weighted by Gasteiger charge is 2.57. The Balaban J connectivity index is 1.82. The van der Waals surface area contributed by atoms with Crippen molar-refractivity contribution in [2.75, 3.05) is 25.2 Å². The van der Waals surface area contributed by atoms with Gasteiger partial charge in [0.25, 0.3) is 0 Å². The number of nitrogens with zero attached hydrogens (tertiary/aromatic N) is 2. The zero-order valence-corrected chi connectivity index (χ0v) is 21.5. The van der Waals surface area contributed by atoms with Gasteiger partial charge in [0.05, 0.1) is 24.8 Å². The number of anilines is 1. The molecule has 37 heavy (non-hydrogen) atoms. The van der Waals surface area contributed by atoms with Gasteiger partial charge in [-0.15, -0.1) is 0 Å². The van der Waals surface area contributed by atoms with E-state index in [-0.39, 0.29) is 17.7 Å². The molecule has 0 spiro atoms. The molecule has 1 aliphatic heterocycles. The molecule has 2 heterocycles. The summed E-state index contributed by atoms with van der Waals surface area (Å²) in [6.45, 7) is 2.72. The molecule has 1 aliphatic rings. The summed E-state index contributed by atoms with van der Waals surface area (Å²) in [5.41, 5.74) is 1.99. The minimum atomic E-state index is -4.10. The number of rotatable bonds is 11. The molecular formula is C23H31FN3O9P. The van der Waals surface area contributed by atoms with Gasteiger partial charge in [-0.05, 0) is 32.0 Å². The molecule has 0 bridgehead atoms. The molecule has 3 rings (SSSR count). The summed E-state index contributed by atoms with van der Waals surface area (Å²) in [7, 11) is -4.10. The van der Waals surface area contributed by atoms with Crippen LogP contribution in [0.5, 0.6) is 5.75 Å². The number of aromatic nitrogens is 2. The molecule has 14 heteroatoms. The van der Waals surface area contributed by atoms with E-state index < -0.39 is 68.6 Å². The molecule has 2 aromatic rings. The van der Waals surface area contributed by atoms with Crippen LogP contribution >= 0.6 is 7.60 Å². The number of hydrogen-bond donors (Lipinski definition) is 3. The monoisotopic (exact) mass is 543 g/mol. The average molecular weight is 543 g/mol. The van der Waals surface area contributed by atoms with Gasteiger partial charge in [-0.25, -0.2) is 13.8 Å². The van der Waals surface area contributed by atoms with Crippen molar-refractivity contribution in [2.45, 2.75) is 50.9 Å². The lowest BCUT2D eigenvalue weighted by molar-refractivity contribution is -0.151. The highest BCUT2D eigenvalue weighted by atomic mass is 31.2. The minimum Gasteiger partial charge on any atom is -0.463 e. The standard InChI is InChI=1S/C23H31FN3O9P/c1-14(2)34-20(29)15(3)12-37(32,36-16-7-5-4-6-8-16)33-11-17-19(28)23(31,13-24)21(35-17)27-10-9-18(25)26-22(27)30/h4-10,14-15,17,19,21,28,31H,11-13H2,1-3H3,(H2,25,26,30)/t15-,17-,19+,21-,23?,37?/m1/s1. The lowest BCUT2D eigenvalue weighted by atomic mass is 9.95. The van der Waals surface area contributed by atoms with Gasteiger partial charge in [-0.2, -0.15) is 4.98 Å². The molecule has 0 aliphatic carbocycles. The SMILES string of the molecule is CC(C)OC(=O)[C@H](C)CP(=O)(OC[C@H]1O[C@@H](n2ccc(N)nc2=O)C(O)(CF)[C@H]1O)Oc1ccccc1.